The van der Waals surface area contributed by atoms with E-state index in [9.17, 15) is 9.59 Å². The summed E-state index contributed by atoms with van der Waals surface area (Å²) in [7, 11) is 0. The highest BCUT2D eigenvalue weighted by Gasteiger charge is 2.12. The molecule has 0 spiro atoms. The van der Waals surface area contributed by atoms with Crippen molar-refractivity contribution in [2.75, 3.05) is 5.32 Å². The predicted molar refractivity (Wildman–Crippen MR) is 93.0 cm³/mol. The number of benzene rings is 2. The highest BCUT2D eigenvalue weighted by atomic mass is 16.4. The van der Waals surface area contributed by atoms with Gasteiger partial charge in [0.25, 0.3) is 5.56 Å². The van der Waals surface area contributed by atoms with E-state index >= 15 is 0 Å². The van der Waals surface area contributed by atoms with Crippen molar-refractivity contribution in [1.29, 1.82) is 0 Å². The van der Waals surface area contributed by atoms with E-state index in [-0.39, 0.29) is 5.56 Å². The van der Waals surface area contributed by atoms with Crippen LogP contribution in [0.4, 0.5) is 10.5 Å². The standard InChI is InChI=1S/C18H17N3O3/c1-2-5-16-20-15-7-4-3-6-14(15)17(22)21(16)13-10-8-12(9-11-13)19-18(23)24/h3-4,6-11,19H,2,5H2,1H3,(H,23,24). The van der Waals surface area contributed by atoms with Crippen LogP contribution in [0.2, 0.25) is 0 Å². The largest absolute Gasteiger partial charge is 0.465 e. The van der Waals surface area contributed by atoms with Gasteiger partial charge in [0.15, 0.2) is 0 Å². The van der Waals surface area contributed by atoms with Crippen LogP contribution in [0, 0.1) is 0 Å². The molecule has 0 aliphatic heterocycles. The second-order valence-corrected chi connectivity index (χ2v) is 5.41. The number of aromatic nitrogens is 2. The number of carboxylic acid groups (broad SMARTS) is 1. The molecule has 0 atom stereocenters. The van der Waals surface area contributed by atoms with Crippen molar-refractivity contribution >= 4 is 22.7 Å². The van der Waals surface area contributed by atoms with E-state index in [0.717, 1.165) is 6.42 Å². The fourth-order valence-corrected chi connectivity index (χ4v) is 2.65. The summed E-state index contributed by atoms with van der Waals surface area (Å²) in [6, 6.07) is 13.9. The average Bonchev–Trinajstić information content (AvgIpc) is 2.56. The molecule has 24 heavy (non-hydrogen) atoms. The van der Waals surface area contributed by atoms with Gasteiger partial charge in [0, 0.05) is 12.1 Å². The Hall–Kier alpha value is -3.15. The molecule has 3 rings (SSSR count). The molecule has 6 heteroatoms. The van der Waals surface area contributed by atoms with Gasteiger partial charge in [0.2, 0.25) is 0 Å². The molecule has 0 aliphatic rings. The van der Waals surface area contributed by atoms with Gasteiger partial charge in [0.1, 0.15) is 5.82 Å². The molecule has 2 N–H and O–H groups in total. The van der Waals surface area contributed by atoms with Crippen molar-refractivity contribution in [3.63, 3.8) is 0 Å². The lowest BCUT2D eigenvalue weighted by Crippen LogP contribution is -2.24. The first-order valence-electron chi connectivity index (χ1n) is 7.71. The number of carbonyl (C=O) groups is 1. The van der Waals surface area contributed by atoms with E-state index < -0.39 is 6.09 Å². The van der Waals surface area contributed by atoms with Crippen molar-refractivity contribution < 1.29 is 9.90 Å². The number of anilines is 1. The summed E-state index contributed by atoms with van der Waals surface area (Å²) < 4.78 is 1.59. The van der Waals surface area contributed by atoms with Crippen molar-refractivity contribution in [2.45, 2.75) is 19.8 Å². The quantitative estimate of drug-likeness (QED) is 0.770. The molecule has 3 aromatic rings. The highest BCUT2D eigenvalue weighted by Crippen LogP contribution is 2.16. The van der Waals surface area contributed by atoms with Crippen molar-refractivity contribution in [1.82, 2.24) is 9.55 Å². The van der Waals surface area contributed by atoms with Crippen LogP contribution < -0.4 is 10.9 Å². The summed E-state index contributed by atoms with van der Waals surface area (Å²) in [4.78, 5) is 28.2. The Morgan fingerprint density at radius 3 is 2.54 bits per heavy atom. The van der Waals surface area contributed by atoms with Crippen LogP contribution in [0.15, 0.2) is 53.3 Å². The lowest BCUT2D eigenvalue weighted by molar-refractivity contribution is 0.210. The second kappa shape index (κ2) is 6.54. The van der Waals surface area contributed by atoms with E-state index in [0.29, 0.717) is 34.5 Å². The van der Waals surface area contributed by atoms with E-state index in [2.05, 4.69) is 10.3 Å². The first kappa shape index (κ1) is 15.7. The smallest absolute Gasteiger partial charge is 0.409 e. The van der Waals surface area contributed by atoms with Crippen molar-refractivity contribution in [3.8, 4) is 5.69 Å². The van der Waals surface area contributed by atoms with E-state index in [1.807, 2.05) is 25.1 Å². The molecule has 0 saturated heterocycles. The summed E-state index contributed by atoms with van der Waals surface area (Å²) in [6.07, 6.45) is 0.414. The monoisotopic (exact) mass is 323 g/mol. The minimum absolute atomic E-state index is 0.122. The molecule has 1 aromatic heterocycles. The number of nitrogens with one attached hydrogen (secondary N) is 1. The first-order valence-corrected chi connectivity index (χ1v) is 7.71. The molecule has 1 heterocycles. The zero-order valence-corrected chi connectivity index (χ0v) is 13.2. The van der Waals surface area contributed by atoms with Crippen molar-refractivity contribution in [2.24, 2.45) is 0 Å². The van der Waals surface area contributed by atoms with E-state index in [1.165, 1.54) is 0 Å². The molecule has 0 fully saturated rings. The number of nitrogens with zero attached hydrogens (tertiary/aromatic N) is 2. The number of fused-ring (bicyclic) bond motifs is 1. The fourth-order valence-electron chi connectivity index (χ4n) is 2.65. The lowest BCUT2D eigenvalue weighted by Gasteiger charge is -2.13. The maximum absolute atomic E-state index is 12.9. The van der Waals surface area contributed by atoms with Crippen LogP contribution in [-0.4, -0.2) is 20.8 Å². The zero-order chi connectivity index (χ0) is 17.1. The average molecular weight is 323 g/mol. The van der Waals surface area contributed by atoms with Crippen LogP contribution in [0.5, 0.6) is 0 Å². The number of hydrogen-bond donors (Lipinski definition) is 2. The SMILES string of the molecule is CCCc1nc2ccccc2c(=O)n1-c1ccc(NC(=O)O)cc1. The van der Waals surface area contributed by atoms with Gasteiger partial charge in [-0.25, -0.2) is 9.78 Å². The van der Waals surface area contributed by atoms with Crippen LogP contribution in [-0.2, 0) is 6.42 Å². The van der Waals surface area contributed by atoms with Gasteiger partial charge in [-0.1, -0.05) is 19.1 Å². The van der Waals surface area contributed by atoms with E-state index in [1.54, 1.807) is 34.9 Å². The lowest BCUT2D eigenvalue weighted by atomic mass is 10.2. The Morgan fingerprint density at radius 1 is 1.17 bits per heavy atom. The number of amides is 1. The Kier molecular flexibility index (Phi) is 4.29. The number of aryl methyl sites for hydroxylation is 1. The van der Waals surface area contributed by atoms with Crippen LogP contribution in [0.3, 0.4) is 0 Å². The Bertz CT molecular complexity index is 946. The number of rotatable bonds is 4. The van der Waals surface area contributed by atoms with Crippen LogP contribution in [0.1, 0.15) is 19.2 Å². The van der Waals surface area contributed by atoms with Gasteiger partial charge in [-0.05, 0) is 42.8 Å². The van der Waals surface area contributed by atoms with Gasteiger partial charge in [-0.3, -0.25) is 14.7 Å². The molecule has 0 aliphatic carbocycles. The molecule has 0 saturated carbocycles. The summed E-state index contributed by atoms with van der Waals surface area (Å²) in [5.74, 6) is 0.695. The van der Waals surface area contributed by atoms with Gasteiger partial charge < -0.3 is 5.11 Å². The number of hydrogen-bond acceptors (Lipinski definition) is 3. The molecule has 0 unspecified atom stereocenters. The molecule has 122 valence electrons. The minimum Gasteiger partial charge on any atom is -0.465 e. The Labute approximate surface area is 138 Å². The third kappa shape index (κ3) is 2.99. The molecular formula is C18H17N3O3. The van der Waals surface area contributed by atoms with Gasteiger partial charge in [0.05, 0.1) is 16.6 Å². The molecule has 1 amide bonds. The normalized spacial score (nSPS) is 10.7. The summed E-state index contributed by atoms with van der Waals surface area (Å²) in [5.41, 5.74) is 1.68. The van der Waals surface area contributed by atoms with Gasteiger partial charge in [-0.2, -0.15) is 0 Å². The third-order valence-electron chi connectivity index (χ3n) is 3.70. The predicted octanol–water partition coefficient (Wildman–Crippen LogP) is 3.43. The van der Waals surface area contributed by atoms with E-state index in [4.69, 9.17) is 5.11 Å². The maximum atomic E-state index is 12.9. The highest BCUT2D eigenvalue weighted by molar-refractivity contribution is 5.83. The Balaban J connectivity index is 2.16. The molecule has 0 radical (unpaired) electrons. The molecule has 0 bridgehead atoms. The molecule has 6 nitrogen and oxygen atoms in total. The fraction of sp³-hybridized carbons (Fsp3) is 0.167. The minimum atomic E-state index is -1.13. The summed E-state index contributed by atoms with van der Waals surface area (Å²) >= 11 is 0. The maximum Gasteiger partial charge on any atom is 0.409 e. The number of para-hydroxylation sites is 1. The Morgan fingerprint density at radius 2 is 1.88 bits per heavy atom. The summed E-state index contributed by atoms with van der Waals surface area (Å²) in [6.45, 7) is 2.03. The zero-order valence-electron chi connectivity index (χ0n) is 13.2. The van der Waals surface area contributed by atoms with Gasteiger partial charge >= 0.3 is 6.09 Å². The summed E-state index contributed by atoms with van der Waals surface area (Å²) in [5, 5.41) is 11.6. The second-order valence-electron chi connectivity index (χ2n) is 5.41. The van der Waals surface area contributed by atoms with Crippen LogP contribution in [0.25, 0.3) is 16.6 Å². The van der Waals surface area contributed by atoms with Crippen molar-refractivity contribution in [3.05, 3.63) is 64.7 Å². The molecular weight excluding hydrogens is 306 g/mol. The molecule has 2 aromatic carbocycles. The van der Waals surface area contributed by atoms with Crippen LogP contribution >= 0.6 is 0 Å². The topological polar surface area (TPSA) is 84.2 Å². The first-order chi connectivity index (χ1) is 11.6. The van der Waals surface area contributed by atoms with Gasteiger partial charge in [-0.15, -0.1) is 0 Å². The third-order valence-corrected chi connectivity index (χ3v) is 3.70.